The van der Waals surface area contributed by atoms with Crippen molar-refractivity contribution in [3.63, 3.8) is 0 Å². The van der Waals surface area contributed by atoms with Crippen LogP contribution in [0.4, 0.5) is 14.5 Å². The van der Waals surface area contributed by atoms with Gasteiger partial charge in [0.1, 0.15) is 11.6 Å². The Morgan fingerprint density at radius 1 is 1.12 bits per heavy atom. The first-order valence-corrected chi connectivity index (χ1v) is 7.39. The lowest BCUT2D eigenvalue weighted by molar-refractivity contribution is -0.123. The number of carbonyl (C=O) groups excluding carboxylic acids is 2. The lowest BCUT2D eigenvalue weighted by Gasteiger charge is -2.15. The molecule has 1 amide bonds. The summed E-state index contributed by atoms with van der Waals surface area (Å²) in [5.41, 5.74) is 0.748. The first-order chi connectivity index (χ1) is 11.3. The van der Waals surface area contributed by atoms with E-state index in [0.717, 1.165) is 18.2 Å². The molecule has 0 fully saturated rings. The van der Waals surface area contributed by atoms with E-state index in [1.807, 2.05) is 0 Å². The molecule has 0 spiro atoms. The number of rotatable bonds is 4. The molecule has 0 radical (unpaired) electrons. The highest BCUT2D eigenvalue weighted by molar-refractivity contribution is 6.33. The molecule has 2 rings (SSSR count). The Hall–Kier alpha value is -2.47. The molecule has 1 unspecified atom stereocenters. The lowest BCUT2D eigenvalue weighted by Crippen LogP contribution is -2.30. The van der Waals surface area contributed by atoms with E-state index < -0.39 is 29.6 Å². The molecule has 0 aliphatic rings. The number of hydrogen-bond acceptors (Lipinski definition) is 3. The Kier molecular flexibility index (Phi) is 5.51. The van der Waals surface area contributed by atoms with Gasteiger partial charge in [-0.3, -0.25) is 4.79 Å². The molecular formula is C17H14ClF2NO3. The van der Waals surface area contributed by atoms with Crippen molar-refractivity contribution in [2.75, 3.05) is 5.32 Å². The summed E-state index contributed by atoms with van der Waals surface area (Å²) in [7, 11) is 0. The van der Waals surface area contributed by atoms with Crippen LogP contribution < -0.4 is 5.32 Å². The molecule has 0 aromatic heterocycles. The molecule has 0 heterocycles. The second kappa shape index (κ2) is 7.40. The van der Waals surface area contributed by atoms with Crippen LogP contribution in [0, 0.1) is 18.6 Å². The highest BCUT2D eigenvalue weighted by atomic mass is 35.5. The van der Waals surface area contributed by atoms with Gasteiger partial charge in [0.15, 0.2) is 6.10 Å². The second-order valence-corrected chi connectivity index (χ2v) is 5.53. The largest absolute Gasteiger partial charge is 0.449 e. The van der Waals surface area contributed by atoms with E-state index in [9.17, 15) is 18.4 Å². The SMILES string of the molecule is Cc1ccc(F)cc1C(=O)OC(C)C(=O)Nc1ccc(F)cc1Cl. The monoisotopic (exact) mass is 353 g/mol. The minimum Gasteiger partial charge on any atom is -0.449 e. The number of esters is 1. The zero-order chi connectivity index (χ0) is 17.9. The topological polar surface area (TPSA) is 55.4 Å². The molecule has 0 saturated heterocycles. The molecule has 0 aliphatic carbocycles. The summed E-state index contributed by atoms with van der Waals surface area (Å²) in [6.07, 6.45) is -1.15. The predicted molar refractivity (Wildman–Crippen MR) is 86.1 cm³/mol. The second-order valence-electron chi connectivity index (χ2n) is 5.12. The van der Waals surface area contributed by atoms with Crippen LogP contribution in [-0.2, 0) is 9.53 Å². The molecule has 0 bridgehead atoms. The van der Waals surface area contributed by atoms with Gasteiger partial charge in [-0.05, 0) is 49.7 Å². The number of carbonyl (C=O) groups is 2. The molecule has 0 aliphatic heterocycles. The van der Waals surface area contributed by atoms with Crippen molar-refractivity contribution >= 4 is 29.2 Å². The summed E-state index contributed by atoms with van der Waals surface area (Å²) in [6, 6.07) is 7.17. The number of ether oxygens (including phenoxy) is 1. The number of benzene rings is 2. The third kappa shape index (κ3) is 4.29. The highest BCUT2D eigenvalue weighted by Crippen LogP contribution is 2.22. The predicted octanol–water partition coefficient (Wildman–Crippen LogP) is 4.11. The first-order valence-electron chi connectivity index (χ1n) is 7.01. The Bertz CT molecular complexity index is 795. The number of anilines is 1. The van der Waals surface area contributed by atoms with Crippen molar-refractivity contribution in [3.05, 3.63) is 64.2 Å². The third-order valence-corrected chi connectivity index (χ3v) is 3.57. The normalized spacial score (nSPS) is 11.7. The summed E-state index contributed by atoms with van der Waals surface area (Å²) in [6.45, 7) is 2.98. The van der Waals surface area contributed by atoms with Crippen molar-refractivity contribution in [2.45, 2.75) is 20.0 Å². The van der Waals surface area contributed by atoms with Gasteiger partial charge in [0.2, 0.25) is 0 Å². The van der Waals surface area contributed by atoms with Crippen LogP contribution in [0.5, 0.6) is 0 Å². The fourth-order valence-electron chi connectivity index (χ4n) is 1.92. The number of halogens is 3. The Morgan fingerprint density at radius 3 is 2.42 bits per heavy atom. The molecule has 1 N–H and O–H groups in total. The van der Waals surface area contributed by atoms with Gasteiger partial charge in [-0.2, -0.15) is 0 Å². The van der Waals surface area contributed by atoms with Crippen molar-refractivity contribution in [3.8, 4) is 0 Å². The van der Waals surface area contributed by atoms with Gasteiger partial charge in [-0.25, -0.2) is 13.6 Å². The number of nitrogens with one attached hydrogen (secondary N) is 1. The van der Waals surface area contributed by atoms with E-state index in [0.29, 0.717) is 5.56 Å². The van der Waals surface area contributed by atoms with Crippen LogP contribution in [0.3, 0.4) is 0 Å². The molecule has 1 atom stereocenters. The van der Waals surface area contributed by atoms with E-state index in [-0.39, 0.29) is 16.3 Å². The average molecular weight is 354 g/mol. The van der Waals surface area contributed by atoms with E-state index in [1.54, 1.807) is 6.92 Å². The maximum atomic E-state index is 13.2. The maximum Gasteiger partial charge on any atom is 0.339 e. The van der Waals surface area contributed by atoms with Crippen LogP contribution in [0.1, 0.15) is 22.8 Å². The zero-order valence-corrected chi connectivity index (χ0v) is 13.7. The van der Waals surface area contributed by atoms with E-state index in [4.69, 9.17) is 16.3 Å². The van der Waals surface area contributed by atoms with E-state index >= 15 is 0 Å². The fraction of sp³-hybridized carbons (Fsp3) is 0.176. The van der Waals surface area contributed by atoms with Crippen LogP contribution >= 0.6 is 11.6 Å². The standard InChI is InChI=1S/C17H14ClF2NO3/c1-9-3-4-11(19)7-13(9)17(23)24-10(2)16(22)21-15-6-5-12(20)8-14(15)18/h3-8,10H,1-2H3,(H,21,22). The maximum absolute atomic E-state index is 13.2. The van der Waals surface area contributed by atoms with Crippen molar-refractivity contribution < 1.29 is 23.1 Å². The zero-order valence-electron chi connectivity index (χ0n) is 12.9. The van der Waals surface area contributed by atoms with E-state index in [2.05, 4.69) is 5.32 Å². The van der Waals surface area contributed by atoms with Gasteiger partial charge >= 0.3 is 5.97 Å². The van der Waals surface area contributed by atoms with Gasteiger partial charge in [0.05, 0.1) is 16.3 Å². The summed E-state index contributed by atoms with van der Waals surface area (Å²) >= 11 is 5.81. The molecule has 0 saturated carbocycles. The van der Waals surface area contributed by atoms with Crippen LogP contribution in [-0.4, -0.2) is 18.0 Å². The summed E-state index contributed by atoms with van der Waals surface area (Å²) in [5.74, 6) is -2.59. The molecule has 2 aromatic rings. The molecule has 2 aromatic carbocycles. The number of aryl methyl sites for hydroxylation is 1. The summed E-state index contributed by atoms with van der Waals surface area (Å²) in [5, 5.41) is 2.45. The summed E-state index contributed by atoms with van der Waals surface area (Å²) < 4.78 is 31.2. The minimum atomic E-state index is -1.15. The minimum absolute atomic E-state index is 0.0165. The number of amides is 1. The van der Waals surface area contributed by atoms with Crippen LogP contribution in [0.25, 0.3) is 0 Å². The number of hydrogen-bond donors (Lipinski definition) is 1. The highest BCUT2D eigenvalue weighted by Gasteiger charge is 2.21. The van der Waals surface area contributed by atoms with Crippen molar-refractivity contribution in [1.82, 2.24) is 0 Å². The third-order valence-electron chi connectivity index (χ3n) is 3.26. The van der Waals surface area contributed by atoms with Crippen LogP contribution in [0.15, 0.2) is 36.4 Å². The molecular weight excluding hydrogens is 340 g/mol. The average Bonchev–Trinajstić information content (AvgIpc) is 2.52. The van der Waals surface area contributed by atoms with Gasteiger partial charge in [0, 0.05) is 0 Å². The summed E-state index contributed by atoms with van der Waals surface area (Å²) in [4.78, 5) is 24.1. The van der Waals surface area contributed by atoms with Crippen molar-refractivity contribution in [1.29, 1.82) is 0 Å². The van der Waals surface area contributed by atoms with Gasteiger partial charge in [-0.1, -0.05) is 17.7 Å². The Balaban J connectivity index is 2.05. The molecule has 24 heavy (non-hydrogen) atoms. The molecule has 4 nitrogen and oxygen atoms in total. The molecule has 7 heteroatoms. The van der Waals surface area contributed by atoms with Crippen molar-refractivity contribution in [2.24, 2.45) is 0 Å². The quantitative estimate of drug-likeness (QED) is 0.841. The smallest absolute Gasteiger partial charge is 0.339 e. The van der Waals surface area contributed by atoms with Gasteiger partial charge < -0.3 is 10.1 Å². The van der Waals surface area contributed by atoms with Gasteiger partial charge in [-0.15, -0.1) is 0 Å². The first kappa shape index (κ1) is 17.9. The Morgan fingerprint density at radius 2 is 1.75 bits per heavy atom. The van der Waals surface area contributed by atoms with Crippen LogP contribution in [0.2, 0.25) is 5.02 Å². The fourth-order valence-corrected chi connectivity index (χ4v) is 2.13. The molecule has 126 valence electrons. The van der Waals surface area contributed by atoms with E-state index in [1.165, 1.54) is 25.1 Å². The van der Waals surface area contributed by atoms with Gasteiger partial charge in [0.25, 0.3) is 5.91 Å². The lowest BCUT2D eigenvalue weighted by atomic mass is 10.1. The Labute approximate surface area is 142 Å².